The average molecular weight is 254 g/mol. The van der Waals surface area contributed by atoms with Gasteiger partial charge in [0.2, 0.25) is 0 Å². The second kappa shape index (κ2) is 5.89. The van der Waals surface area contributed by atoms with Crippen LogP contribution in [0.25, 0.3) is 0 Å². The van der Waals surface area contributed by atoms with Gasteiger partial charge in [-0.3, -0.25) is 4.90 Å². The van der Waals surface area contributed by atoms with Crippen molar-refractivity contribution in [1.29, 1.82) is 0 Å². The minimum Gasteiger partial charge on any atom is -0.380 e. The molecule has 0 spiro atoms. The number of hydrogen-bond acceptors (Lipinski definition) is 3. The van der Waals surface area contributed by atoms with Crippen molar-refractivity contribution in [3.8, 4) is 0 Å². The quantitative estimate of drug-likeness (QED) is 0.780. The molecule has 18 heavy (non-hydrogen) atoms. The first-order valence-electron chi connectivity index (χ1n) is 7.56. The fourth-order valence-corrected chi connectivity index (χ4v) is 3.47. The van der Waals surface area contributed by atoms with Crippen molar-refractivity contribution in [3.63, 3.8) is 0 Å². The number of rotatable bonds is 1. The van der Waals surface area contributed by atoms with Crippen molar-refractivity contribution in [3.05, 3.63) is 0 Å². The van der Waals surface area contributed by atoms with E-state index in [1.807, 2.05) is 0 Å². The molecule has 2 rings (SSSR count). The maximum atomic E-state index is 6.38. The minimum atomic E-state index is 0.363. The molecule has 0 aromatic heterocycles. The third kappa shape index (κ3) is 3.46. The van der Waals surface area contributed by atoms with Crippen LogP contribution in [0.5, 0.6) is 0 Å². The van der Waals surface area contributed by atoms with E-state index in [0.717, 1.165) is 38.6 Å². The summed E-state index contributed by atoms with van der Waals surface area (Å²) in [5.41, 5.74) is 6.80. The van der Waals surface area contributed by atoms with E-state index in [9.17, 15) is 0 Å². The molecule has 3 atom stereocenters. The molecule has 3 unspecified atom stereocenters. The first kappa shape index (κ1) is 14.3. The lowest BCUT2D eigenvalue weighted by Gasteiger charge is -2.44. The largest absolute Gasteiger partial charge is 0.380 e. The van der Waals surface area contributed by atoms with Crippen molar-refractivity contribution in [2.24, 2.45) is 17.1 Å². The highest BCUT2D eigenvalue weighted by atomic mass is 16.5. The molecule has 1 aliphatic carbocycles. The molecule has 106 valence electrons. The molecule has 1 saturated heterocycles. The van der Waals surface area contributed by atoms with Crippen molar-refractivity contribution in [2.45, 2.75) is 58.5 Å². The Bertz CT molecular complexity index is 254. The van der Waals surface area contributed by atoms with Gasteiger partial charge in [-0.05, 0) is 37.0 Å². The van der Waals surface area contributed by atoms with Crippen molar-refractivity contribution < 1.29 is 4.74 Å². The summed E-state index contributed by atoms with van der Waals surface area (Å²) in [5.74, 6) is 0.812. The third-order valence-electron chi connectivity index (χ3n) is 4.82. The van der Waals surface area contributed by atoms with Crippen LogP contribution in [-0.2, 0) is 4.74 Å². The summed E-state index contributed by atoms with van der Waals surface area (Å²) in [6.07, 6.45) is 4.91. The van der Waals surface area contributed by atoms with Gasteiger partial charge in [-0.25, -0.2) is 0 Å². The minimum absolute atomic E-state index is 0.363. The monoisotopic (exact) mass is 254 g/mol. The number of hydrogen-bond donors (Lipinski definition) is 1. The van der Waals surface area contributed by atoms with Gasteiger partial charge in [0.15, 0.2) is 0 Å². The Kier molecular flexibility index (Phi) is 4.68. The molecule has 2 N–H and O–H groups in total. The summed E-state index contributed by atoms with van der Waals surface area (Å²) in [5, 5.41) is 0. The van der Waals surface area contributed by atoms with Gasteiger partial charge < -0.3 is 10.5 Å². The van der Waals surface area contributed by atoms with E-state index >= 15 is 0 Å². The molecule has 0 aromatic carbocycles. The molecular weight excluding hydrogens is 224 g/mol. The zero-order valence-corrected chi connectivity index (χ0v) is 12.3. The Balaban J connectivity index is 2.00. The van der Waals surface area contributed by atoms with Gasteiger partial charge in [-0.2, -0.15) is 0 Å². The Morgan fingerprint density at radius 1 is 1.11 bits per heavy atom. The van der Waals surface area contributed by atoms with E-state index in [-0.39, 0.29) is 0 Å². The van der Waals surface area contributed by atoms with E-state index < -0.39 is 0 Å². The van der Waals surface area contributed by atoms with Crippen LogP contribution in [0.1, 0.15) is 46.5 Å². The van der Waals surface area contributed by atoms with E-state index in [1.54, 1.807) is 0 Å². The smallest absolute Gasteiger partial charge is 0.0593 e. The van der Waals surface area contributed by atoms with Gasteiger partial charge in [0, 0.05) is 31.8 Å². The second-order valence-electron chi connectivity index (χ2n) is 7.11. The van der Waals surface area contributed by atoms with E-state index in [0.29, 0.717) is 17.5 Å². The first-order valence-corrected chi connectivity index (χ1v) is 7.56. The molecule has 2 aliphatic rings. The predicted octanol–water partition coefficient (Wildman–Crippen LogP) is 2.25. The molecule has 3 nitrogen and oxygen atoms in total. The Hall–Kier alpha value is -0.120. The first-order chi connectivity index (χ1) is 8.48. The highest BCUT2D eigenvalue weighted by molar-refractivity contribution is 4.93. The number of nitrogens with zero attached hydrogens (tertiary/aromatic N) is 1. The third-order valence-corrected chi connectivity index (χ3v) is 4.82. The zero-order valence-electron chi connectivity index (χ0n) is 12.3. The molecule has 0 amide bonds. The second-order valence-corrected chi connectivity index (χ2v) is 7.11. The van der Waals surface area contributed by atoms with Crippen LogP contribution in [0, 0.1) is 11.3 Å². The van der Waals surface area contributed by atoms with Gasteiger partial charge in [0.05, 0.1) is 6.61 Å². The summed E-state index contributed by atoms with van der Waals surface area (Å²) in [7, 11) is 0. The lowest BCUT2D eigenvalue weighted by Crippen LogP contribution is -2.53. The summed E-state index contributed by atoms with van der Waals surface area (Å²) in [4.78, 5) is 2.59. The molecular formula is C15H30N2O. The average Bonchev–Trinajstić information content (AvgIpc) is 2.56. The van der Waals surface area contributed by atoms with Gasteiger partial charge >= 0.3 is 0 Å². The van der Waals surface area contributed by atoms with Gasteiger partial charge in [0.25, 0.3) is 0 Å². The summed E-state index contributed by atoms with van der Waals surface area (Å²) < 4.78 is 5.56. The van der Waals surface area contributed by atoms with Crippen LogP contribution < -0.4 is 5.73 Å². The Morgan fingerprint density at radius 2 is 1.89 bits per heavy atom. The van der Waals surface area contributed by atoms with Crippen LogP contribution in [-0.4, -0.2) is 43.3 Å². The summed E-state index contributed by atoms with van der Waals surface area (Å²) in [6.45, 7) is 11.1. The highest BCUT2D eigenvalue weighted by Crippen LogP contribution is 2.39. The van der Waals surface area contributed by atoms with Crippen LogP contribution in [0.15, 0.2) is 0 Å². The lowest BCUT2D eigenvalue weighted by molar-refractivity contribution is 0.0650. The normalized spacial score (nSPS) is 36.3. The van der Waals surface area contributed by atoms with E-state index in [1.165, 1.54) is 19.3 Å². The SMILES string of the molecule is CC(C)(C)C1CCC(N)C(N2CCCOCC2)C1. The fourth-order valence-electron chi connectivity index (χ4n) is 3.47. The molecule has 1 aliphatic heterocycles. The van der Waals surface area contributed by atoms with Crippen LogP contribution in [0.2, 0.25) is 0 Å². The van der Waals surface area contributed by atoms with Crippen LogP contribution >= 0.6 is 0 Å². The molecule has 0 bridgehead atoms. The van der Waals surface area contributed by atoms with Gasteiger partial charge in [-0.15, -0.1) is 0 Å². The lowest BCUT2D eigenvalue weighted by atomic mass is 9.69. The van der Waals surface area contributed by atoms with Crippen molar-refractivity contribution in [1.82, 2.24) is 4.90 Å². The molecule has 1 heterocycles. The molecule has 1 saturated carbocycles. The van der Waals surface area contributed by atoms with Crippen molar-refractivity contribution >= 4 is 0 Å². The number of nitrogens with two attached hydrogens (primary N) is 1. The van der Waals surface area contributed by atoms with Crippen LogP contribution in [0.3, 0.4) is 0 Å². The van der Waals surface area contributed by atoms with E-state index in [2.05, 4.69) is 25.7 Å². The highest BCUT2D eigenvalue weighted by Gasteiger charge is 2.37. The molecule has 0 aromatic rings. The fraction of sp³-hybridized carbons (Fsp3) is 1.00. The molecule has 0 radical (unpaired) electrons. The van der Waals surface area contributed by atoms with Crippen LogP contribution in [0.4, 0.5) is 0 Å². The summed E-state index contributed by atoms with van der Waals surface area (Å²) >= 11 is 0. The standard InChI is InChI=1S/C15H30N2O/c1-15(2,3)12-5-6-13(16)14(11-12)17-7-4-9-18-10-8-17/h12-14H,4-11,16H2,1-3H3. The predicted molar refractivity (Wildman–Crippen MR) is 75.6 cm³/mol. The topological polar surface area (TPSA) is 38.5 Å². The van der Waals surface area contributed by atoms with E-state index in [4.69, 9.17) is 10.5 Å². The van der Waals surface area contributed by atoms with Gasteiger partial charge in [0.1, 0.15) is 0 Å². The molecule has 2 fully saturated rings. The zero-order chi connectivity index (χ0) is 13.2. The molecule has 3 heteroatoms. The van der Waals surface area contributed by atoms with Gasteiger partial charge in [-0.1, -0.05) is 20.8 Å². The van der Waals surface area contributed by atoms with Crippen molar-refractivity contribution in [2.75, 3.05) is 26.3 Å². The Labute approximate surface area is 112 Å². The number of ether oxygens (including phenoxy) is 1. The summed E-state index contributed by atoms with van der Waals surface area (Å²) in [6, 6.07) is 0.936. The maximum absolute atomic E-state index is 6.38. The Morgan fingerprint density at radius 3 is 2.61 bits per heavy atom. The maximum Gasteiger partial charge on any atom is 0.0593 e.